The number of halogens is 2. The number of phenolic OH excluding ortho intramolecular Hbond substituents is 1. The smallest absolute Gasteiger partial charge is 0.349 e. The lowest BCUT2D eigenvalue weighted by molar-refractivity contribution is 0.292. The number of phenols is 1. The second-order valence-corrected chi connectivity index (χ2v) is 11.5. The van der Waals surface area contributed by atoms with Gasteiger partial charge in [0.05, 0.1) is 18.2 Å². The third kappa shape index (κ3) is 5.98. The predicted octanol–water partition coefficient (Wildman–Crippen LogP) is 5.36. The van der Waals surface area contributed by atoms with Gasteiger partial charge in [0.1, 0.15) is 28.9 Å². The summed E-state index contributed by atoms with van der Waals surface area (Å²) in [5.41, 5.74) is 0.551. The molecule has 3 fully saturated rings. The second kappa shape index (κ2) is 13.1. The maximum atomic E-state index is 14.5. The van der Waals surface area contributed by atoms with Crippen LogP contribution in [0.2, 0.25) is 0 Å². The number of nitrogens with zero attached hydrogens (tertiary/aromatic N) is 5. The SMILES string of the molecule is C#Cc1c(F)ccc2cc(O)cc(-c3oc(=O)c4c(N5CCC5)nc(OC)nc4c3C)c12.FC1CC2CCCN2C1.c1cn[nH]c1. The molecular formula is C34H34F2N6O4. The van der Waals surface area contributed by atoms with E-state index in [9.17, 15) is 18.7 Å². The topological polar surface area (TPSA) is 121 Å². The van der Waals surface area contributed by atoms with Gasteiger partial charge in [-0.15, -0.1) is 6.42 Å². The average molecular weight is 629 g/mol. The quantitative estimate of drug-likeness (QED) is 0.255. The van der Waals surface area contributed by atoms with Crippen molar-refractivity contribution in [1.29, 1.82) is 0 Å². The van der Waals surface area contributed by atoms with E-state index in [2.05, 4.69) is 31.0 Å². The Hall–Kier alpha value is -5.02. The number of methoxy groups -OCH3 is 1. The minimum absolute atomic E-state index is 0.0150. The molecule has 46 heavy (non-hydrogen) atoms. The van der Waals surface area contributed by atoms with E-state index in [4.69, 9.17) is 15.6 Å². The molecule has 0 saturated carbocycles. The monoisotopic (exact) mass is 628 g/mol. The summed E-state index contributed by atoms with van der Waals surface area (Å²) >= 11 is 0. The maximum absolute atomic E-state index is 14.5. The first-order chi connectivity index (χ1) is 22.3. The first-order valence-electron chi connectivity index (χ1n) is 15.2. The molecule has 2 aromatic carbocycles. The van der Waals surface area contributed by atoms with Gasteiger partial charge in [-0.25, -0.2) is 13.6 Å². The fraction of sp³-hybridized carbons (Fsp3) is 0.353. The molecule has 12 heteroatoms. The first-order valence-corrected chi connectivity index (χ1v) is 15.2. The molecule has 0 spiro atoms. The number of fused-ring (bicyclic) bond motifs is 3. The lowest BCUT2D eigenvalue weighted by atomic mass is 9.95. The summed E-state index contributed by atoms with van der Waals surface area (Å²) in [7, 11) is 1.45. The number of ether oxygens (including phenoxy) is 1. The molecule has 3 aliphatic heterocycles. The van der Waals surface area contributed by atoms with Gasteiger partial charge in [-0.2, -0.15) is 15.1 Å². The van der Waals surface area contributed by atoms with Crippen LogP contribution in [0.3, 0.4) is 0 Å². The van der Waals surface area contributed by atoms with E-state index in [-0.39, 0.29) is 28.5 Å². The van der Waals surface area contributed by atoms with Crippen molar-refractivity contribution < 1.29 is 23.0 Å². The largest absolute Gasteiger partial charge is 0.508 e. The number of aromatic amines is 1. The van der Waals surface area contributed by atoms with Gasteiger partial charge in [-0.1, -0.05) is 12.0 Å². The van der Waals surface area contributed by atoms with Crippen LogP contribution in [-0.4, -0.2) is 75.7 Å². The van der Waals surface area contributed by atoms with Crippen molar-refractivity contribution >= 4 is 27.5 Å². The van der Waals surface area contributed by atoms with E-state index < -0.39 is 17.6 Å². The Morgan fingerprint density at radius 3 is 2.63 bits per heavy atom. The number of rotatable bonds is 3. The van der Waals surface area contributed by atoms with Crippen molar-refractivity contribution in [2.45, 2.75) is 44.8 Å². The van der Waals surface area contributed by atoms with Gasteiger partial charge in [0, 0.05) is 54.6 Å². The lowest BCUT2D eigenvalue weighted by Crippen LogP contribution is -2.38. The number of aromatic nitrogens is 4. The fourth-order valence-corrected chi connectivity index (χ4v) is 6.31. The number of benzene rings is 2. The molecule has 2 atom stereocenters. The average Bonchev–Trinajstić information content (AvgIpc) is 3.79. The van der Waals surface area contributed by atoms with Crippen LogP contribution >= 0.6 is 0 Å². The van der Waals surface area contributed by atoms with Gasteiger partial charge in [0.2, 0.25) is 0 Å². The highest BCUT2D eigenvalue weighted by Gasteiger charge is 2.34. The summed E-state index contributed by atoms with van der Waals surface area (Å²) in [4.78, 5) is 26.2. The van der Waals surface area contributed by atoms with Gasteiger partial charge in [0.25, 0.3) is 0 Å². The zero-order chi connectivity index (χ0) is 32.4. The van der Waals surface area contributed by atoms with E-state index in [0.717, 1.165) is 32.5 Å². The molecule has 0 amide bonds. The lowest BCUT2D eigenvalue weighted by Gasteiger charge is -2.32. The molecule has 0 bridgehead atoms. The van der Waals surface area contributed by atoms with Crippen LogP contribution in [0.25, 0.3) is 33.0 Å². The van der Waals surface area contributed by atoms with Crippen LogP contribution in [0, 0.1) is 25.1 Å². The van der Waals surface area contributed by atoms with E-state index in [1.165, 1.54) is 44.2 Å². The Bertz CT molecular complexity index is 1940. The van der Waals surface area contributed by atoms with Crippen molar-refractivity contribution in [3.05, 3.63) is 70.1 Å². The maximum Gasteiger partial charge on any atom is 0.349 e. The number of terminal acetylenes is 1. The Balaban J connectivity index is 0.000000216. The Labute approximate surface area is 264 Å². The highest BCUT2D eigenvalue weighted by atomic mass is 19.1. The van der Waals surface area contributed by atoms with E-state index in [1.807, 2.05) is 11.0 Å². The zero-order valence-corrected chi connectivity index (χ0v) is 25.6. The fourth-order valence-electron chi connectivity index (χ4n) is 6.31. The molecule has 5 aromatic rings. The summed E-state index contributed by atoms with van der Waals surface area (Å²) in [5, 5.41) is 17.6. The number of hydrogen-bond acceptors (Lipinski definition) is 9. The number of H-pyrrole nitrogens is 1. The molecule has 238 valence electrons. The standard InChI is InChI=1S/C24H18FN3O4.C7H12FN.C3H4N2/c1-4-15-17(25)7-6-13-10-14(29)11-16(18(13)15)21-12(2)20-19(23(30)32-21)22(28-8-5-9-28)27-24(26-20)31-3;8-6-4-7-2-1-3-9(7)5-6;1-2-4-5-3-1/h1,6-7,10-11,29H,5,8-9H2,2-3H3;6-7H,1-5H2;1-3H,(H,4,5). The Morgan fingerprint density at radius 2 is 2.00 bits per heavy atom. The number of alkyl halides is 1. The molecule has 3 aromatic heterocycles. The molecule has 3 saturated heterocycles. The van der Waals surface area contributed by atoms with E-state index >= 15 is 0 Å². The van der Waals surface area contributed by atoms with E-state index in [0.29, 0.717) is 45.8 Å². The summed E-state index contributed by atoms with van der Waals surface area (Å²) < 4.78 is 38.1. The van der Waals surface area contributed by atoms with E-state index in [1.54, 1.807) is 19.3 Å². The highest BCUT2D eigenvalue weighted by Crippen LogP contribution is 2.39. The van der Waals surface area contributed by atoms with Crippen LogP contribution < -0.4 is 15.3 Å². The summed E-state index contributed by atoms with van der Waals surface area (Å²) in [6.07, 6.45) is 12.8. The third-order valence-corrected chi connectivity index (χ3v) is 8.61. The van der Waals surface area contributed by atoms with Gasteiger partial charge in [-0.3, -0.25) is 10.00 Å². The first kappa shape index (κ1) is 31.0. The van der Waals surface area contributed by atoms with Crippen LogP contribution in [0.1, 0.15) is 36.8 Å². The van der Waals surface area contributed by atoms with Crippen molar-refractivity contribution in [2.24, 2.45) is 0 Å². The molecule has 0 aliphatic carbocycles. The van der Waals surface area contributed by atoms with Crippen molar-refractivity contribution in [3.63, 3.8) is 0 Å². The Morgan fingerprint density at radius 1 is 1.17 bits per heavy atom. The zero-order valence-electron chi connectivity index (χ0n) is 25.6. The van der Waals surface area contributed by atoms with Crippen LogP contribution in [0.15, 0.2) is 51.9 Å². The molecule has 8 rings (SSSR count). The molecule has 0 radical (unpaired) electrons. The number of hydrogen-bond donors (Lipinski definition) is 2. The minimum atomic E-state index is -0.639. The molecule has 2 N–H and O–H groups in total. The molecule has 6 heterocycles. The van der Waals surface area contributed by atoms with Crippen molar-refractivity contribution in [3.8, 4) is 35.4 Å². The minimum Gasteiger partial charge on any atom is -0.508 e. The third-order valence-electron chi connectivity index (χ3n) is 8.61. The number of nitrogens with one attached hydrogen (secondary N) is 1. The van der Waals surface area contributed by atoms with Crippen LogP contribution in [0.5, 0.6) is 11.8 Å². The van der Waals surface area contributed by atoms with Crippen molar-refractivity contribution in [2.75, 3.05) is 38.2 Å². The molecule has 10 nitrogen and oxygen atoms in total. The molecule has 2 unspecified atom stereocenters. The Kier molecular flexibility index (Phi) is 8.85. The molecular weight excluding hydrogens is 594 g/mol. The second-order valence-electron chi connectivity index (χ2n) is 11.5. The van der Waals surface area contributed by atoms with Crippen LogP contribution in [0.4, 0.5) is 14.6 Å². The van der Waals surface area contributed by atoms with Crippen molar-refractivity contribution in [1.82, 2.24) is 25.1 Å². The number of aromatic hydroxyl groups is 1. The van der Waals surface area contributed by atoms with Gasteiger partial charge in [-0.05, 0) is 68.8 Å². The normalized spacial score (nSPS) is 18.6. The van der Waals surface area contributed by atoms with Gasteiger partial charge in [0.15, 0.2) is 5.82 Å². The number of aryl methyl sites for hydroxylation is 1. The van der Waals surface area contributed by atoms with Gasteiger partial charge < -0.3 is 19.2 Å². The van der Waals surface area contributed by atoms with Crippen LogP contribution in [-0.2, 0) is 0 Å². The number of anilines is 1. The summed E-state index contributed by atoms with van der Waals surface area (Å²) in [6, 6.07) is 8.18. The summed E-state index contributed by atoms with van der Waals surface area (Å²) in [5.74, 6) is 2.30. The van der Waals surface area contributed by atoms with Gasteiger partial charge >= 0.3 is 11.6 Å². The molecule has 3 aliphatic rings. The summed E-state index contributed by atoms with van der Waals surface area (Å²) in [6.45, 7) is 5.11. The predicted molar refractivity (Wildman–Crippen MR) is 171 cm³/mol. The highest BCUT2D eigenvalue weighted by molar-refractivity contribution is 6.03.